The summed E-state index contributed by atoms with van der Waals surface area (Å²) in [5.74, 6) is -1.63. The monoisotopic (exact) mass is 335 g/mol. The van der Waals surface area contributed by atoms with Gasteiger partial charge in [-0.25, -0.2) is 9.59 Å². The Kier molecular flexibility index (Phi) is 4.01. The molecule has 1 aromatic heterocycles. The minimum Gasteiger partial charge on any atom is -0.453 e. The molecule has 0 N–H and O–H groups in total. The van der Waals surface area contributed by atoms with Crippen molar-refractivity contribution in [2.24, 2.45) is 7.05 Å². The lowest BCUT2D eigenvalue weighted by molar-refractivity contribution is -0.168. The number of hydrogen-bond acceptors (Lipinski definition) is 7. The van der Waals surface area contributed by atoms with Crippen LogP contribution in [0.25, 0.3) is 0 Å². The highest BCUT2D eigenvalue weighted by molar-refractivity contribution is 6.30. The van der Waals surface area contributed by atoms with Gasteiger partial charge in [0.25, 0.3) is 0 Å². The van der Waals surface area contributed by atoms with E-state index in [9.17, 15) is 9.59 Å². The summed E-state index contributed by atoms with van der Waals surface area (Å²) >= 11 is 0. The van der Waals surface area contributed by atoms with E-state index in [1.165, 1.54) is 0 Å². The molecular formula is C16H21N3O5. The minimum absolute atomic E-state index is 0.0114. The fourth-order valence-corrected chi connectivity index (χ4v) is 3.89. The molecule has 130 valence electrons. The van der Waals surface area contributed by atoms with Crippen molar-refractivity contribution in [3.05, 3.63) is 11.3 Å². The van der Waals surface area contributed by atoms with E-state index < -0.39 is 11.9 Å². The maximum absolute atomic E-state index is 11.9. The van der Waals surface area contributed by atoms with Gasteiger partial charge in [-0.15, -0.1) is 5.10 Å². The highest BCUT2D eigenvalue weighted by atomic mass is 16.6. The number of morpholine rings is 1. The molecule has 24 heavy (non-hydrogen) atoms. The molecule has 3 aliphatic rings. The SMILES string of the molecule is Cn1nc2c3c1CCC(OC(=O)C(=O)O2)C3CCN1CCOCC1. The molecule has 1 aromatic rings. The number of aryl methyl sites for hydroxylation is 1. The zero-order valence-electron chi connectivity index (χ0n) is 13.7. The van der Waals surface area contributed by atoms with Crippen molar-refractivity contribution in [1.29, 1.82) is 0 Å². The van der Waals surface area contributed by atoms with Crippen molar-refractivity contribution in [3.8, 4) is 5.88 Å². The molecule has 1 aliphatic carbocycles. The van der Waals surface area contributed by atoms with Crippen LogP contribution in [0.15, 0.2) is 0 Å². The Morgan fingerprint density at radius 1 is 1.21 bits per heavy atom. The number of esters is 2. The summed E-state index contributed by atoms with van der Waals surface area (Å²) in [4.78, 5) is 26.0. The molecule has 1 fully saturated rings. The summed E-state index contributed by atoms with van der Waals surface area (Å²) in [7, 11) is 1.84. The van der Waals surface area contributed by atoms with Crippen molar-refractivity contribution in [2.45, 2.75) is 31.3 Å². The number of fused-ring (bicyclic) bond motifs is 1. The van der Waals surface area contributed by atoms with Crippen LogP contribution in [0.1, 0.15) is 30.0 Å². The molecule has 8 nitrogen and oxygen atoms in total. The molecule has 3 heterocycles. The van der Waals surface area contributed by atoms with Crippen molar-refractivity contribution < 1.29 is 23.8 Å². The standard InChI is InChI=1S/C16H21N3O5/c1-18-11-2-3-12-10(4-5-19-6-8-22-9-7-19)13(11)14(17-18)24-16(21)15(20)23-12/h10,12H,2-9H2,1H3. The third-order valence-electron chi connectivity index (χ3n) is 5.13. The molecule has 2 unspecified atom stereocenters. The molecular weight excluding hydrogens is 314 g/mol. The average molecular weight is 335 g/mol. The number of hydrogen-bond donors (Lipinski definition) is 0. The van der Waals surface area contributed by atoms with Crippen LogP contribution in [0.4, 0.5) is 0 Å². The van der Waals surface area contributed by atoms with Gasteiger partial charge in [-0.1, -0.05) is 0 Å². The molecule has 2 atom stereocenters. The zero-order chi connectivity index (χ0) is 16.7. The highest BCUT2D eigenvalue weighted by Crippen LogP contribution is 2.42. The van der Waals surface area contributed by atoms with Crippen LogP contribution in [-0.4, -0.2) is 65.6 Å². The second-order valence-electron chi connectivity index (χ2n) is 6.51. The number of nitrogens with zero attached hydrogens (tertiary/aromatic N) is 3. The van der Waals surface area contributed by atoms with E-state index in [2.05, 4.69) is 10.00 Å². The number of carbonyl (C=O) groups is 2. The second kappa shape index (κ2) is 6.18. The Labute approximate surface area is 139 Å². The Morgan fingerprint density at radius 3 is 2.79 bits per heavy atom. The minimum atomic E-state index is -0.987. The smallest absolute Gasteiger partial charge is 0.424 e. The van der Waals surface area contributed by atoms with Crippen molar-refractivity contribution in [3.63, 3.8) is 0 Å². The maximum Gasteiger partial charge on any atom is 0.424 e. The van der Waals surface area contributed by atoms with Crippen LogP contribution >= 0.6 is 0 Å². The number of aromatic nitrogens is 2. The van der Waals surface area contributed by atoms with Crippen LogP contribution in [-0.2, 0) is 32.5 Å². The molecule has 0 radical (unpaired) electrons. The Balaban J connectivity index is 1.62. The molecule has 8 heteroatoms. The molecule has 2 aliphatic heterocycles. The summed E-state index contributed by atoms with van der Waals surface area (Å²) in [6.07, 6.45) is 2.02. The second-order valence-corrected chi connectivity index (χ2v) is 6.51. The largest absolute Gasteiger partial charge is 0.453 e. The summed E-state index contributed by atoms with van der Waals surface area (Å²) < 4.78 is 17.7. The van der Waals surface area contributed by atoms with Gasteiger partial charge in [0.1, 0.15) is 6.10 Å². The summed E-state index contributed by atoms with van der Waals surface area (Å²) in [6, 6.07) is 0. The number of ether oxygens (including phenoxy) is 3. The third kappa shape index (κ3) is 2.69. The normalized spacial score (nSPS) is 27.2. The predicted octanol–water partition coefficient (Wildman–Crippen LogP) is 0.00300. The molecule has 1 saturated heterocycles. The van der Waals surface area contributed by atoms with Gasteiger partial charge in [0.2, 0.25) is 5.88 Å². The molecule has 0 aromatic carbocycles. The zero-order valence-corrected chi connectivity index (χ0v) is 13.7. The van der Waals surface area contributed by atoms with Crippen LogP contribution in [0, 0.1) is 0 Å². The van der Waals surface area contributed by atoms with Gasteiger partial charge >= 0.3 is 11.9 Å². The predicted molar refractivity (Wildman–Crippen MR) is 81.7 cm³/mol. The van der Waals surface area contributed by atoms with Crippen LogP contribution in [0.5, 0.6) is 5.88 Å². The van der Waals surface area contributed by atoms with Gasteiger partial charge in [-0.05, 0) is 25.8 Å². The lowest BCUT2D eigenvalue weighted by Crippen LogP contribution is -2.40. The van der Waals surface area contributed by atoms with E-state index >= 15 is 0 Å². The first kappa shape index (κ1) is 15.6. The summed E-state index contributed by atoms with van der Waals surface area (Å²) in [5.41, 5.74) is 2.00. The topological polar surface area (TPSA) is 82.9 Å². The quantitative estimate of drug-likeness (QED) is 0.568. The van der Waals surface area contributed by atoms with Crippen molar-refractivity contribution >= 4 is 11.9 Å². The summed E-state index contributed by atoms with van der Waals surface area (Å²) in [6.45, 7) is 4.23. The molecule has 0 saturated carbocycles. The van der Waals surface area contributed by atoms with Crippen LogP contribution in [0.2, 0.25) is 0 Å². The average Bonchev–Trinajstić information content (AvgIpc) is 2.89. The Morgan fingerprint density at radius 2 is 2.00 bits per heavy atom. The van der Waals surface area contributed by atoms with Gasteiger partial charge in [-0.3, -0.25) is 9.58 Å². The molecule has 2 bridgehead atoms. The van der Waals surface area contributed by atoms with Crippen molar-refractivity contribution in [2.75, 3.05) is 32.8 Å². The van der Waals surface area contributed by atoms with E-state index in [-0.39, 0.29) is 17.9 Å². The summed E-state index contributed by atoms with van der Waals surface area (Å²) in [5, 5.41) is 4.31. The Hall–Kier alpha value is -1.93. The molecule has 4 rings (SSSR count). The fraction of sp³-hybridized carbons (Fsp3) is 0.688. The van der Waals surface area contributed by atoms with Crippen molar-refractivity contribution in [1.82, 2.24) is 14.7 Å². The van der Waals surface area contributed by atoms with E-state index in [1.54, 1.807) is 4.68 Å². The van der Waals surface area contributed by atoms with Gasteiger partial charge in [-0.2, -0.15) is 0 Å². The van der Waals surface area contributed by atoms with E-state index in [0.717, 1.165) is 56.9 Å². The van der Waals surface area contributed by atoms with Gasteiger partial charge < -0.3 is 14.2 Å². The number of rotatable bonds is 3. The lowest BCUT2D eigenvalue weighted by atomic mass is 9.81. The molecule has 0 amide bonds. The fourth-order valence-electron chi connectivity index (χ4n) is 3.89. The highest BCUT2D eigenvalue weighted by Gasteiger charge is 2.42. The third-order valence-corrected chi connectivity index (χ3v) is 5.13. The van der Waals surface area contributed by atoms with E-state index in [0.29, 0.717) is 6.42 Å². The molecule has 0 spiro atoms. The van der Waals surface area contributed by atoms with Gasteiger partial charge in [0, 0.05) is 37.3 Å². The maximum atomic E-state index is 11.9. The van der Waals surface area contributed by atoms with Gasteiger partial charge in [0.15, 0.2) is 0 Å². The van der Waals surface area contributed by atoms with Gasteiger partial charge in [0.05, 0.1) is 13.2 Å². The van der Waals surface area contributed by atoms with E-state index in [1.807, 2.05) is 7.05 Å². The Bertz CT molecular complexity index is 665. The lowest BCUT2D eigenvalue weighted by Gasteiger charge is -2.34. The van der Waals surface area contributed by atoms with Crippen LogP contribution in [0.3, 0.4) is 0 Å². The number of carbonyl (C=O) groups excluding carboxylic acids is 2. The van der Waals surface area contributed by atoms with Crippen LogP contribution < -0.4 is 4.74 Å². The first-order valence-corrected chi connectivity index (χ1v) is 8.42. The first-order valence-electron chi connectivity index (χ1n) is 8.42. The first-order chi connectivity index (χ1) is 11.6. The van der Waals surface area contributed by atoms with E-state index in [4.69, 9.17) is 14.2 Å².